The Balaban J connectivity index is 0.00000131. The Kier molecular flexibility index (Phi) is 7.65. The van der Waals surface area contributed by atoms with Gasteiger partial charge in [-0.3, -0.25) is 0 Å². The summed E-state index contributed by atoms with van der Waals surface area (Å²) in [5.41, 5.74) is 7.95. The summed E-state index contributed by atoms with van der Waals surface area (Å²) in [6.07, 6.45) is 5.77. The van der Waals surface area contributed by atoms with Crippen molar-refractivity contribution in [1.29, 1.82) is 0 Å². The molecule has 1 aromatic carbocycles. The van der Waals surface area contributed by atoms with Gasteiger partial charge in [-0.2, -0.15) is 4.98 Å². The largest absolute Gasteiger partial charge is 0.366 e. The maximum absolute atomic E-state index is 5.99. The van der Waals surface area contributed by atoms with E-state index in [0.29, 0.717) is 24.5 Å². The lowest BCUT2D eigenvalue weighted by Gasteiger charge is -2.27. The first-order valence-corrected chi connectivity index (χ1v) is 8.78. The number of hydrogen-bond acceptors (Lipinski definition) is 6. The molecule has 0 bridgehead atoms. The molecule has 2 heterocycles. The van der Waals surface area contributed by atoms with Gasteiger partial charge >= 0.3 is 0 Å². The lowest BCUT2D eigenvalue weighted by Crippen LogP contribution is -2.33. The van der Waals surface area contributed by atoms with Crippen molar-refractivity contribution in [3.05, 3.63) is 42.2 Å². The van der Waals surface area contributed by atoms with Gasteiger partial charge in [0.25, 0.3) is 0 Å². The summed E-state index contributed by atoms with van der Waals surface area (Å²) >= 11 is 0. The number of fused-ring (bicyclic) bond motifs is 1. The standard InChI is InChI=1S/C18H23N7.2ClH/c19-13-6-8-14(9-7-13)23-18-24-16(15-17(25-18)22-11-21-15)20-10-12-4-2-1-3-5-12;;/h1-5,11,13-14H,6-10,19H2,(H3,20,21,22,23,24,25);2*1H/t13-,14-;;. The van der Waals surface area contributed by atoms with Crippen molar-refractivity contribution < 1.29 is 0 Å². The quantitative estimate of drug-likeness (QED) is 0.514. The van der Waals surface area contributed by atoms with Crippen LogP contribution in [0, 0.1) is 0 Å². The number of anilines is 2. The normalized spacial score (nSPS) is 19.0. The van der Waals surface area contributed by atoms with Gasteiger partial charge in [-0.15, -0.1) is 24.8 Å². The van der Waals surface area contributed by atoms with Crippen molar-refractivity contribution in [2.24, 2.45) is 5.73 Å². The lowest BCUT2D eigenvalue weighted by atomic mass is 9.92. The SMILES string of the molecule is Cl.Cl.N[C@H]1CC[C@H](Nc2nc3ncnc-3c(NCc3ccccc3)[nH]2)CC1. The van der Waals surface area contributed by atoms with E-state index in [1.165, 1.54) is 5.56 Å². The molecule has 146 valence electrons. The van der Waals surface area contributed by atoms with Crippen molar-refractivity contribution in [3.8, 4) is 11.5 Å². The Labute approximate surface area is 171 Å². The summed E-state index contributed by atoms with van der Waals surface area (Å²) in [6, 6.07) is 11.0. The minimum absolute atomic E-state index is 0. The number of benzene rings is 1. The van der Waals surface area contributed by atoms with E-state index in [2.05, 4.69) is 42.7 Å². The van der Waals surface area contributed by atoms with Gasteiger partial charge in [-0.25, -0.2) is 9.97 Å². The summed E-state index contributed by atoms with van der Waals surface area (Å²) < 4.78 is 0. The summed E-state index contributed by atoms with van der Waals surface area (Å²) in [5.74, 6) is 2.20. The number of nitrogens with two attached hydrogens (primary N) is 1. The topological polar surface area (TPSA) is 105 Å². The lowest BCUT2D eigenvalue weighted by molar-refractivity contribution is 0.410. The van der Waals surface area contributed by atoms with E-state index in [4.69, 9.17) is 5.73 Å². The molecular weight excluding hydrogens is 385 g/mol. The van der Waals surface area contributed by atoms with Crippen LogP contribution in [0.25, 0.3) is 11.5 Å². The highest BCUT2D eigenvalue weighted by molar-refractivity contribution is 5.85. The van der Waals surface area contributed by atoms with Gasteiger partial charge < -0.3 is 21.4 Å². The van der Waals surface area contributed by atoms with E-state index in [1.807, 2.05) is 18.2 Å². The maximum atomic E-state index is 5.99. The van der Waals surface area contributed by atoms with Crippen LogP contribution in [0.2, 0.25) is 0 Å². The molecule has 1 saturated carbocycles. The number of nitrogens with zero attached hydrogens (tertiary/aromatic N) is 3. The van der Waals surface area contributed by atoms with Gasteiger partial charge in [0.2, 0.25) is 5.95 Å². The molecule has 0 spiro atoms. The Morgan fingerprint density at radius 3 is 2.52 bits per heavy atom. The zero-order valence-electron chi connectivity index (χ0n) is 14.9. The molecular formula is C18H25Cl2N7. The first kappa shape index (κ1) is 21.2. The van der Waals surface area contributed by atoms with Crippen LogP contribution in [0.1, 0.15) is 31.2 Å². The van der Waals surface area contributed by atoms with Gasteiger partial charge in [0.1, 0.15) is 17.8 Å². The fourth-order valence-corrected chi connectivity index (χ4v) is 3.27. The number of halogens is 2. The molecule has 27 heavy (non-hydrogen) atoms. The predicted molar refractivity (Wildman–Crippen MR) is 113 cm³/mol. The second-order valence-corrected chi connectivity index (χ2v) is 6.60. The second-order valence-electron chi connectivity index (χ2n) is 6.60. The number of rotatable bonds is 5. The van der Waals surface area contributed by atoms with Crippen LogP contribution in [0.5, 0.6) is 0 Å². The van der Waals surface area contributed by atoms with E-state index >= 15 is 0 Å². The van der Waals surface area contributed by atoms with Crippen molar-refractivity contribution >= 4 is 36.6 Å². The molecule has 0 amide bonds. The van der Waals surface area contributed by atoms with Crippen molar-refractivity contribution in [3.63, 3.8) is 0 Å². The summed E-state index contributed by atoms with van der Waals surface area (Å²) in [6.45, 7) is 0.709. The Morgan fingerprint density at radius 1 is 1.04 bits per heavy atom. The van der Waals surface area contributed by atoms with E-state index in [1.54, 1.807) is 6.33 Å². The number of aromatic nitrogens is 4. The fourth-order valence-electron chi connectivity index (χ4n) is 3.27. The summed E-state index contributed by atoms with van der Waals surface area (Å²) in [5, 5.41) is 6.91. The Morgan fingerprint density at radius 2 is 1.78 bits per heavy atom. The average molecular weight is 410 g/mol. The Bertz CT molecular complexity index is 788. The highest BCUT2D eigenvalue weighted by Gasteiger charge is 2.21. The molecule has 5 N–H and O–H groups in total. The van der Waals surface area contributed by atoms with E-state index in [-0.39, 0.29) is 24.8 Å². The van der Waals surface area contributed by atoms with Crippen LogP contribution in [-0.2, 0) is 6.54 Å². The predicted octanol–water partition coefficient (Wildman–Crippen LogP) is 3.44. The number of hydrogen-bond donors (Lipinski definition) is 4. The second kappa shape index (κ2) is 9.73. The molecule has 0 aromatic heterocycles. The van der Waals surface area contributed by atoms with Gasteiger partial charge in [-0.05, 0) is 31.2 Å². The minimum Gasteiger partial charge on any atom is -0.366 e. The zero-order chi connectivity index (χ0) is 17.1. The first-order valence-electron chi connectivity index (χ1n) is 8.78. The van der Waals surface area contributed by atoms with Crippen LogP contribution in [0.3, 0.4) is 0 Å². The van der Waals surface area contributed by atoms with Crippen LogP contribution < -0.4 is 16.4 Å². The van der Waals surface area contributed by atoms with Crippen molar-refractivity contribution in [1.82, 2.24) is 19.9 Å². The highest BCUT2D eigenvalue weighted by Crippen LogP contribution is 2.27. The smallest absolute Gasteiger partial charge is 0.204 e. The van der Waals surface area contributed by atoms with Gasteiger partial charge in [0, 0.05) is 18.6 Å². The van der Waals surface area contributed by atoms with Crippen LogP contribution in [0.4, 0.5) is 11.8 Å². The molecule has 7 nitrogen and oxygen atoms in total. The van der Waals surface area contributed by atoms with Gasteiger partial charge in [-0.1, -0.05) is 30.3 Å². The molecule has 0 unspecified atom stereocenters. The van der Waals surface area contributed by atoms with E-state index in [9.17, 15) is 0 Å². The summed E-state index contributed by atoms with van der Waals surface area (Å²) in [7, 11) is 0. The minimum atomic E-state index is 0. The average Bonchev–Trinajstić information content (AvgIpc) is 3.11. The van der Waals surface area contributed by atoms with Gasteiger partial charge in [0.15, 0.2) is 5.82 Å². The molecule has 0 saturated heterocycles. The Hall–Kier alpha value is -2.09. The van der Waals surface area contributed by atoms with Crippen molar-refractivity contribution in [2.75, 3.05) is 10.6 Å². The molecule has 1 aromatic rings. The number of H-pyrrole nitrogens is 1. The zero-order valence-corrected chi connectivity index (χ0v) is 16.5. The van der Waals surface area contributed by atoms with Crippen LogP contribution in [-0.4, -0.2) is 32.0 Å². The third-order valence-corrected chi connectivity index (χ3v) is 4.70. The number of nitrogens with one attached hydrogen (secondary N) is 3. The number of aromatic amines is 1. The molecule has 0 radical (unpaired) electrons. The first-order chi connectivity index (χ1) is 12.3. The molecule has 1 fully saturated rings. The molecule has 3 aliphatic rings. The third-order valence-electron chi connectivity index (χ3n) is 4.70. The summed E-state index contributed by atoms with van der Waals surface area (Å²) in [4.78, 5) is 16.5. The maximum Gasteiger partial charge on any atom is 0.204 e. The third kappa shape index (κ3) is 5.22. The van der Waals surface area contributed by atoms with Crippen molar-refractivity contribution in [2.45, 2.75) is 44.3 Å². The fraction of sp³-hybridized carbons (Fsp3) is 0.389. The molecule has 9 heteroatoms. The molecule has 2 aliphatic heterocycles. The molecule has 0 atom stereocenters. The monoisotopic (exact) mass is 409 g/mol. The number of imidazole rings is 1. The van der Waals surface area contributed by atoms with Crippen LogP contribution >= 0.6 is 24.8 Å². The molecule has 1 aliphatic carbocycles. The highest BCUT2D eigenvalue weighted by atomic mass is 35.5. The molecule has 4 rings (SSSR count). The van der Waals surface area contributed by atoms with Gasteiger partial charge in [0.05, 0.1) is 0 Å². The van der Waals surface area contributed by atoms with Crippen LogP contribution in [0.15, 0.2) is 36.7 Å². The van der Waals surface area contributed by atoms with E-state index in [0.717, 1.165) is 43.1 Å². The van der Waals surface area contributed by atoms with E-state index < -0.39 is 0 Å².